The Hall–Kier alpha value is -4.69. The van der Waals surface area contributed by atoms with Crippen molar-refractivity contribution in [1.29, 1.82) is 0 Å². The average Bonchev–Trinajstić information content (AvgIpc) is 3.52. The molecule has 18 nitrogen and oxygen atoms in total. The normalized spacial score (nSPS) is 14.4. The molecule has 0 radical (unpaired) electrons. The first-order chi connectivity index (χ1) is 23.2. The topological polar surface area (TPSA) is 275 Å². The minimum atomic E-state index is -3.74. The zero-order valence-corrected chi connectivity index (χ0v) is 27.8. The molecule has 3 aromatic rings. The largest absolute Gasteiger partial charge is 0.495 e. The first-order valence-corrected chi connectivity index (χ1v) is 16.6. The number of nitrogens with zero attached hydrogens (tertiary/aromatic N) is 5. The summed E-state index contributed by atoms with van der Waals surface area (Å²) in [5, 5.41) is 47.2. The zero-order chi connectivity index (χ0) is 36.2. The Morgan fingerprint density at radius 3 is 2.33 bits per heavy atom. The van der Waals surface area contributed by atoms with E-state index >= 15 is 0 Å². The van der Waals surface area contributed by atoms with Gasteiger partial charge >= 0.3 is 17.9 Å². The first kappa shape index (κ1) is 38.8. The Bertz CT molecular complexity index is 1700. The maximum atomic E-state index is 12.8. The van der Waals surface area contributed by atoms with Gasteiger partial charge in [-0.15, -0.1) is 0 Å². The lowest BCUT2D eigenvalue weighted by Crippen LogP contribution is -2.42. The molecule has 1 aromatic carbocycles. The fourth-order valence-corrected chi connectivity index (χ4v) is 6.01. The van der Waals surface area contributed by atoms with Crippen LogP contribution in [0.25, 0.3) is 0 Å². The minimum absolute atomic E-state index is 0.00191. The summed E-state index contributed by atoms with van der Waals surface area (Å²) in [7, 11) is -2.20. The molecule has 1 aliphatic heterocycles. The predicted molar refractivity (Wildman–Crippen MR) is 173 cm³/mol. The molecule has 1 aliphatic rings. The number of rotatable bonds is 16. The summed E-state index contributed by atoms with van der Waals surface area (Å²) >= 11 is 6.25. The molecule has 1 saturated heterocycles. The number of anilines is 2. The van der Waals surface area contributed by atoms with Gasteiger partial charge in [-0.25, -0.2) is 32.9 Å². The molecule has 1 fully saturated rings. The molecule has 1 atom stereocenters. The molecule has 0 aliphatic carbocycles. The summed E-state index contributed by atoms with van der Waals surface area (Å²) in [6, 6.07) is 6.99. The van der Waals surface area contributed by atoms with Crippen LogP contribution in [0.5, 0.6) is 5.75 Å². The number of aliphatic hydroxyl groups excluding tert-OH is 1. The number of ether oxygens (including phenoxy) is 1. The van der Waals surface area contributed by atoms with Crippen LogP contribution in [0.1, 0.15) is 42.6 Å². The van der Waals surface area contributed by atoms with E-state index in [-0.39, 0.29) is 24.9 Å². The van der Waals surface area contributed by atoms with Crippen molar-refractivity contribution in [3.05, 3.63) is 64.8 Å². The molecule has 49 heavy (non-hydrogen) atoms. The lowest BCUT2D eigenvalue weighted by molar-refractivity contribution is -0.170. The van der Waals surface area contributed by atoms with Crippen LogP contribution < -0.4 is 19.7 Å². The van der Waals surface area contributed by atoms with E-state index in [9.17, 15) is 27.9 Å². The molecule has 1 unspecified atom stereocenters. The summed E-state index contributed by atoms with van der Waals surface area (Å²) in [5.74, 6) is -3.60. The van der Waals surface area contributed by atoms with Gasteiger partial charge in [0.1, 0.15) is 17.4 Å². The van der Waals surface area contributed by atoms with E-state index in [2.05, 4.69) is 30.0 Å². The van der Waals surface area contributed by atoms with Crippen molar-refractivity contribution in [2.75, 3.05) is 30.5 Å². The minimum Gasteiger partial charge on any atom is -0.495 e. The molecule has 0 amide bonds. The smallest absolute Gasteiger partial charge is 0.336 e. The van der Waals surface area contributed by atoms with Gasteiger partial charge in [-0.2, -0.15) is 4.98 Å². The van der Waals surface area contributed by atoms with E-state index in [0.29, 0.717) is 40.5 Å². The van der Waals surface area contributed by atoms with E-state index in [4.69, 9.17) is 36.8 Å². The Kier molecular flexibility index (Phi) is 13.9. The predicted octanol–water partition coefficient (Wildman–Crippen LogP) is 0.873. The van der Waals surface area contributed by atoms with Crippen molar-refractivity contribution in [3.8, 4) is 5.75 Å². The van der Waals surface area contributed by atoms with Crippen molar-refractivity contribution >= 4 is 51.3 Å². The molecule has 0 spiro atoms. The van der Waals surface area contributed by atoms with E-state index in [1.54, 1.807) is 37.7 Å². The van der Waals surface area contributed by atoms with Crippen molar-refractivity contribution in [3.63, 3.8) is 0 Å². The molecule has 4 rings (SSSR count). The van der Waals surface area contributed by atoms with Gasteiger partial charge in [0, 0.05) is 37.2 Å². The number of aliphatic carboxylic acids is 3. The maximum absolute atomic E-state index is 12.8. The molecule has 0 saturated carbocycles. The molecular weight excluding hydrogens is 690 g/mol. The van der Waals surface area contributed by atoms with Gasteiger partial charge in [0.15, 0.2) is 5.60 Å². The van der Waals surface area contributed by atoms with Crippen molar-refractivity contribution in [2.24, 2.45) is 0 Å². The summed E-state index contributed by atoms with van der Waals surface area (Å²) in [5.41, 5.74) is -1.47. The van der Waals surface area contributed by atoms with Gasteiger partial charge < -0.3 is 40.5 Å². The third-order valence-corrected chi connectivity index (χ3v) is 8.64. The molecule has 20 heteroatoms. The van der Waals surface area contributed by atoms with Crippen LogP contribution in [0.3, 0.4) is 0 Å². The van der Waals surface area contributed by atoms with E-state index < -0.39 is 46.4 Å². The van der Waals surface area contributed by atoms with E-state index in [1.165, 1.54) is 6.20 Å². The van der Waals surface area contributed by atoms with Crippen LogP contribution in [0.15, 0.2) is 42.9 Å². The second kappa shape index (κ2) is 17.6. The molecule has 2 aromatic heterocycles. The number of aromatic nitrogens is 4. The molecule has 0 bridgehead atoms. The Morgan fingerprint density at radius 1 is 1.08 bits per heavy atom. The number of aliphatic hydroxyl groups is 2. The van der Waals surface area contributed by atoms with Gasteiger partial charge in [0.2, 0.25) is 16.0 Å². The summed E-state index contributed by atoms with van der Waals surface area (Å²) < 4.78 is 33.4. The van der Waals surface area contributed by atoms with Crippen molar-refractivity contribution < 1.29 is 53.1 Å². The summed E-state index contributed by atoms with van der Waals surface area (Å²) in [6.45, 7) is 1.04. The van der Waals surface area contributed by atoms with E-state index in [0.717, 1.165) is 24.9 Å². The highest BCUT2D eigenvalue weighted by molar-refractivity contribution is 7.88. The second-order valence-corrected chi connectivity index (χ2v) is 13.0. The lowest BCUT2D eigenvalue weighted by atomic mass is 9.96. The van der Waals surface area contributed by atoms with Crippen LogP contribution in [-0.4, -0.2) is 104 Å². The molecule has 3 heterocycles. The maximum Gasteiger partial charge on any atom is 0.336 e. The first-order valence-electron chi connectivity index (χ1n) is 14.6. The molecule has 7 N–H and O–H groups in total. The number of carboxylic acids is 3. The number of benzene rings is 1. The van der Waals surface area contributed by atoms with Gasteiger partial charge in [-0.3, -0.25) is 9.59 Å². The summed E-state index contributed by atoms with van der Waals surface area (Å²) in [6.07, 6.45) is 4.08. The molecule has 266 valence electrons. The number of hydrogen-bond acceptors (Lipinski definition) is 14. The quantitative estimate of drug-likeness (QED) is 0.108. The Morgan fingerprint density at radius 2 is 1.76 bits per heavy atom. The fourth-order valence-electron chi connectivity index (χ4n) is 4.65. The summed E-state index contributed by atoms with van der Waals surface area (Å²) in [4.78, 5) is 49.6. The highest BCUT2D eigenvalue weighted by Gasteiger charge is 2.40. The standard InChI is InChI=1S/C23H28ClN7O4S.C6H8O7/c1-35-20-6-5-16(10-19(20)24)11-27-22-17(12-28-23(30-22)31-9-2-4-18(31)14-32)15-36(33,34)29-13-21-25-7-3-8-26-21;7-3(8)1-6(13,5(11)12)2-4(9)10/h3,5-8,10,12,18,29,32H,2,4,9,11,13-15H2,1H3,(H,27,28,30);13H,1-2H2,(H,7,8)(H,9,10)(H,11,12). The number of hydrogen-bond donors (Lipinski definition) is 7. The van der Waals surface area contributed by atoms with Crippen molar-refractivity contribution in [1.82, 2.24) is 24.7 Å². The fraction of sp³-hybridized carbons (Fsp3) is 0.414. The monoisotopic (exact) mass is 725 g/mol. The number of halogens is 1. The van der Waals surface area contributed by atoms with Crippen LogP contribution >= 0.6 is 11.6 Å². The number of nitrogens with one attached hydrogen (secondary N) is 2. The number of carbonyl (C=O) groups is 3. The Labute approximate surface area is 285 Å². The van der Waals surface area contributed by atoms with Crippen LogP contribution in [-0.2, 0) is 43.2 Å². The zero-order valence-electron chi connectivity index (χ0n) is 26.2. The molecular formula is C29H36ClN7O11S. The van der Waals surface area contributed by atoms with Crippen LogP contribution in [0.2, 0.25) is 5.02 Å². The van der Waals surface area contributed by atoms with Crippen LogP contribution in [0, 0.1) is 0 Å². The van der Waals surface area contributed by atoms with E-state index in [1.807, 2.05) is 11.0 Å². The number of sulfonamides is 1. The highest BCUT2D eigenvalue weighted by Crippen LogP contribution is 2.27. The Balaban J connectivity index is 0.000000425. The van der Waals surface area contributed by atoms with Gasteiger partial charge in [0.05, 0.1) is 49.9 Å². The average molecular weight is 726 g/mol. The number of methoxy groups -OCH3 is 1. The lowest BCUT2D eigenvalue weighted by Gasteiger charge is -2.24. The third-order valence-electron chi connectivity index (χ3n) is 7.07. The van der Waals surface area contributed by atoms with Gasteiger partial charge in [-0.05, 0) is 36.6 Å². The third kappa shape index (κ3) is 11.8. The van der Waals surface area contributed by atoms with Gasteiger partial charge in [0.25, 0.3) is 0 Å². The SMILES string of the molecule is COc1ccc(CNc2nc(N3CCCC3CO)ncc2CS(=O)(=O)NCc2ncccn2)cc1Cl.O=C(O)CC(O)(CC(=O)O)C(=O)O. The number of carboxylic acid groups (broad SMARTS) is 3. The van der Waals surface area contributed by atoms with Crippen molar-refractivity contribution in [2.45, 2.75) is 56.2 Å². The van der Waals surface area contributed by atoms with Gasteiger partial charge in [-0.1, -0.05) is 17.7 Å². The highest BCUT2D eigenvalue weighted by atomic mass is 35.5. The second-order valence-electron chi connectivity index (χ2n) is 10.8. The van der Waals surface area contributed by atoms with Crippen LogP contribution in [0.4, 0.5) is 11.8 Å².